The molecule has 0 spiro atoms. The first-order valence-electron chi connectivity index (χ1n) is 6.21. The average Bonchev–Trinajstić information content (AvgIpc) is 2.83. The van der Waals surface area contributed by atoms with Gasteiger partial charge in [-0.25, -0.2) is 10.8 Å². The molecule has 0 radical (unpaired) electrons. The number of aromatic nitrogens is 3. The van der Waals surface area contributed by atoms with Crippen LogP contribution in [-0.4, -0.2) is 32.6 Å². The van der Waals surface area contributed by atoms with Crippen molar-refractivity contribution in [1.82, 2.24) is 25.1 Å². The summed E-state index contributed by atoms with van der Waals surface area (Å²) >= 11 is 0. The number of nitrogens with two attached hydrogens (primary N) is 1. The molecule has 7 heteroatoms. The molecule has 0 saturated carbocycles. The van der Waals surface area contributed by atoms with E-state index in [0.29, 0.717) is 12.2 Å². The van der Waals surface area contributed by atoms with E-state index in [2.05, 4.69) is 20.4 Å². The number of amides is 1. The van der Waals surface area contributed by atoms with Gasteiger partial charge in [-0.1, -0.05) is 6.07 Å². The molecule has 7 nitrogen and oxygen atoms in total. The van der Waals surface area contributed by atoms with Gasteiger partial charge in [0.25, 0.3) is 5.91 Å². The van der Waals surface area contributed by atoms with Crippen molar-refractivity contribution in [2.45, 2.75) is 13.1 Å². The minimum atomic E-state index is -0.387. The number of rotatable bonds is 5. The van der Waals surface area contributed by atoms with E-state index in [9.17, 15) is 4.79 Å². The monoisotopic (exact) mass is 274 g/mol. The fraction of sp³-hybridized carbons (Fsp3) is 0.308. The van der Waals surface area contributed by atoms with Crippen LogP contribution in [0.5, 0.6) is 0 Å². The number of carbonyl (C=O) groups excluding carboxylic acids is 1. The largest absolute Gasteiger partial charge is 0.296 e. The number of hydrogen-bond acceptors (Lipinski definition) is 5. The Labute approximate surface area is 117 Å². The van der Waals surface area contributed by atoms with E-state index in [4.69, 9.17) is 5.84 Å². The maximum atomic E-state index is 11.4. The van der Waals surface area contributed by atoms with Crippen LogP contribution < -0.4 is 11.3 Å². The summed E-state index contributed by atoms with van der Waals surface area (Å²) in [4.78, 5) is 17.8. The SMILES string of the molecule is CN(Cc1cnn(C)c1)Cc1cccc(C(=O)NN)n1. The van der Waals surface area contributed by atoms with Crippen molar-refractivity contribution in [3.05, 3.63) is 47.5 Å². The average molecular weight is 274 g/mol. The van der Waals surface area contributed by atoms with Gasteiger partial charge in [0.05, 0.1) is 11.9 Å². The fourth-order valence-corrected chi connectivity index (χ4v) is 1.97. The molecule has 2 aromatic heterocycles. The Hall–Kier alpha value is -2.25. The molecule has 1 amide bonds. The highest BCUT2D eigenvalue weighted by molar-refractivity contribution is 5.91. The minimum Gasteiger partial charge on any atom is -0.296 e. The van der Waals surface area contributed by atoms with Crippen LogP contribution in [0.15, 0.2) is 30.6 Å². The van der Waals surface area contributed by atoms with Gasteiger partial charge in [0.15, 0.2) is 0 Å². The Balaban J connectivity index is 2.00. The lowest BCUT2D eigenvalue weighted by Gasteiger charge is -2.15. The number of nitrogens with zero attached hydrogens (tertiary/aromatic N) is 4. The molecule has 3 N–H and O–H groups in total. The molecule has 0 aromatic carbocycles. The second-order valence-electron chi connectivity index (χ2n) is 4.68. The maximum Gasteiger partial charge on any atom is 0.283 e. The first-order valence-corrected chi connectivity index (χ1v) is 6.21. The zero-order chi connectivity index (χ0) is 14.5. The third kappa shape index (κ3) is 3.62. The van der Waals surface area contributed by atoms with Gasteiger partial charge >= 0.3 is 0 Å². The zero-order valence-corrected chi connectivity index (χ0v) is 11.6. The molecule has 0 unspecified atom stereocenters. The standard InChI is InChI=1S/C13H18N6O/c1-18(7-10-6-15-19(2)8-10)9-11-4-3-5-12(16-11)13(20)17-14/h3-6,8H,7,9,14H2,1-2H3,(H,17,20). The molecular formula is C13H18N6O. The summed E-state index contributed by atoms with van der Waals surface area (Å²) in [6, 6.07) is 5.31. The molecule has 20 heavy (non-hydrogen) atoms. The topological polar surface area (TPSA) is 89.1 Å². The van der Waals surface area contributed by atoms with Crippen LogP contribution in [0.2, 0.25) is 0 Å². The third-order valence-electron chi connectivity index (χ3n) is 2.81. The van der Waals surface area contributed by atoms with Crippen LogP contribution >= 0.6 is 0 Å². The number of hydrogen-bond donors (Lipinski definition) is 2. The molecule has 2 heterocycles. The van der Waals surface area contributed by atoms with E-state index in [1.807, 2.05) is 32.6 Å². The van der Waals surface area contributed by atoms with E-state index < -0.39 is 0 Å². The second kappa shape index (κ2) is 6.27. The summed E-state index contributed by atoms with van der Waals surface area (Å²) in [7, 11) is 3.88. The highest BCUT2D eigenvalue weighted by atomic mass is 16.2. The van der Waals surface area contributed by atoms with Gasteiger partial charge in [0.2, 0.25) is 0 Å². The Bertz CT molecular complexity index is 594. The minimum absolute atomic E-state index is 0.319. The van der Waals surface area contributed by atoms with Crippen molar-refractivity contribution in [1.29, 1.82) is 0 Å². The van der Waals surface area contributed by atoms with E-state index in [-0.39, 0.29) is 5.91 Å². The Morgan fingerprint density at radius 2 is 2.25 bits per heavy atom. The van der Waals surface area contributed by atoms with Crippen LogP contribution in [-0.2, 0) is 20.1 Å². The predicted molar refractivity (Wildman–Crippen MR) is 74.3 cm³/mol. The van der Waals surface area contributed by atoms with Gasteiger partial charge in [-0.15, -0.1) is 0 Å². The molecule has 2 aromatic rings. The molecule has 0 atom stereocenters. The Morgan fingerprint density at radius 1 is 1.45 bits per heavy atom. The summed E-state index contributed by atoms with van der Waals surface area (Å²) in [6.07, 6.45) is 3.81. The zero-order valence-electron chi connectivity index (χ0n) is 11.6. The summed E-state index contributed by atoms with van der Waals surface area (Å²) in [5.41, 5.74) is 4.35. The van der Waals surface area contributed by atoms with Crippen LogP contribution in [0.3, 0.4) is 0 Å². The predicted octanol–water partition coefficient (Wildman–Crippen LogP) is 0.0506. The molecule has 0 bridgehead atoms. The van der Waals surface area contributed by atoms with E-state index in [1.54, 1.807) is 16.8 Å². The fourth-order valence-electron chi connectivity index (χ4n) is 1.97. The smallest absolute Gasteiger partial charge is 0.283 e. The summed E-state index contributed by atoms with van der Waals surface area (Å²) in [5.74, 6) is 4.71. The van der Waals surface area contributed by atoms with Gasteiger partial charge in [-0.2, -0.15) is 5.10 Å². The molecule has 2 rings (SSSR count). The number of nitrogen functional groups attached to an aromatic ring is 1. The van der Waals surface area contributed by atoms with E-state index in [0.717, 1.165) is 17.8 Å². The molecule has 0 fully saturated rings. The highest BCUT2D eigenvalue weighted by Crippen LogP contribution is 2.06. The van der Waals surface area contributed by atoms with Crippen LogP contribution in [0, 0.1) is 0 Å². The first-order chi connectivity index (χ1) is 9.58. The van der Waals surface area contributed by atoms with Gasteiger partial charge in [-0.3, -0.25) is 19.8 Å². The van der Waals surface area contributed by atoms with Crippen molar-refractivity contribution >= 4 is 5.91 Å². The molecule has 0 aliphatic carbocycles. The molecular weight excluding hydrogens is 256 g/mol. The maximum absolute atomic E-state index is 11.4. The Kier molecular flexibility index (Phi) is 4.44. The van der Waals surface area contributed by atoms with Crippen molar-refractivity contribution in [2.75, 3.05) is 7.05 Å². The summed E-state index contributed by atoms with van der Waals surface area (Å²) < 4.78 is 1.77. The highest BCUT2D eigenvalue weighted by Gasteiger charge is 2.08. The van der Waals surface area contributed by atoms with Gasteiger partial charge in [-0.05, 0) is 19.2 Å². The Morgan fingerprint density at radius 3 is 2.90 bits per heavy atom. The van der Waals surface area contributed by atoms with Gasteiger partial charge in [0.1, 0.15) is 5.69 Å². The summed E-state index contributed by atoms with van der Waals surface area (Å²) in [5, 5.41) is 4.13. The molecule has 106 valence electrons. The van der Waals surface area contributed by atoms with Crippen molar-refractivity contribution in [3.63, 3.8) is 0 Å². The van der Waals surface area contributed by atoms with Crippen LogP contribution in [0.4, 0.5) is 0 Å². The lowest BCUT2D eigenvalue weighted by Crippen LogP contribution is -2.31. The number of pyridine rings is 1. The van der Waals surface area contributed by atoms with Crippen molar-refractivity contribution in [2.24, 2.45) is 12.9 Å². The lowest BCUT2D eigenvalue weighted by molar-refractivity contribution is 0.0948. The number of aryl methyl sites for hydroxylation is 1. The normalized spacial score (nSPS) is 10.8. The molecule has 0 saturated heterocycles. The van der Waals surface area contributed by atoms with Crippen molar-refractivity contribution < 1.29 is 4.79 Å². The quantitative estimate of drug-likeness (QED) is 0.457. The number of carbonyl (C=O) groups is 1. The van der Waals surface area contributed by atoms with Gasteiger partial charge in [0, 0.05) is 31.9 Å². The number of nitrogens with one attached hydrogen (secondary N) is 1. The lowest BCUT2D eigenvalue weighted by atomic mass is 10.2. The van der Waals surface area contributed by atoms with E-state index >= 15 is 0 Å². The van der Waals surface area contributed by atoms with Gasteiger partial charge < -0.3 is 0 Å². The molecule has 0 aliphatic heterocycles. The third-order valence-corrected chi connectivity index (χ3v) is 2.81. The first kappa shape index (κ1) is 14.2. The number of hydrazine groups is 1. The van der Waals surface area contributed by atoms with Crippen LogP contribution in [0.1, 0.15) is 21.7 Å². The second-order valence-corrected chi connectivity index (χ2v) is 4.68. The van der Waals surface area contributed by atoms with E-state index in [1.165, 1.54) is 0 Å². The summed E-state index contributed by atoms with van der Waals surface area (Å²) in [6.45, 7) is 1.41. The van der Waals surface area contributed by atoms with Crippen LogP contribution in [0.25, 0.3) is 0 Å². The van der Waals surface area contributed by atoms with Crippen molar-refractivity contribution in [3.8, 4) is 0 Å². The molecule has 0 aliphatic rings.